The molecule has 0 spiro atoms. The van der Waals surface area contributed by atoms with Crippen LogP contribution in [-0.4, -0.2) is 31.7 Å². The standard InChI is InChI=1S/C28H31N3O3/c1-27(2,3)34-26(33)29-28(21-15-17-22(18-16-21)30(4)5)23-13-9-10-14-24(23)31(25(28)32)19-20-11-7-6-8-12-20/h6-18H,19H2,1-5H3,(H,29,33). The monoisotopic (exact) mass is 457 g/mol. The molecule has 0 saturated heterocycles. The Morgan fingerprint density at radius 1 is 0.941 bits per heavy atom. The number of carbonyl (C=O) groups excluding carboxylic acids is 2. The summed E-state index contributed by atoms with van der Waals surface area (Å²) in [5.41, 5.74) is 2.06. The van der Waals surface area contributed by atoms with E-state index >= 15 is 0 Å². The maximum atomic E-state index is 14.3. The molecule has 1 heterocycles. The molecule has 3 aromatic carbocycles. The van der Waals surface area contributed by atoms with Crippen molar-refractivity contribution in [2.24, 2.45) is 0 Å². The maximum absolute atomic E-state index is 14.3. The highest BCUT2D eigenvalue weighted by molar-refractivity contribution is 6.11. The molecule has 3 aromatic rings. The molecule has 0 bridgehead atoms. The Balaban J connectivity index is 1.85. The highest BCUT2D eigenvalue weighted by Crippen LogP contribution is 2.45. The first-order chi connectivity index (χ1) is 16.1. The average molecular weight is 458 g/mol. The Kier molecular flexibility index (Phi) is 6.09. The normalized spacial score (nSPS) is 17.3. The third-order valence-electron chi connectivity index (χ3n) is 5.85. The number of nitrogens with one attached hydrogen (secondary N) is 1. The summed E-state index contributed by atoms with van der Waals surface area (Å²) < 4.78 is 5.60. The number of hydrogen-bond acceptors (Lipinski definition) is 4. The number of benzene rings is 3. The number of anilines is 2. The van der Waals surface area contributed by atoms with Crippen LogP contribution in [0.25, 0.3) is 0 Å². The predicted molar refractivity (Wildman–Crippen MR) is 135 cm³/mol. The van der Waals surface area contributed by atoms with E-state index in [1.165, 1.54) is 0 Å². The summed E-state index contributed by atoms with van der Waals surface area (Å²) in [4.78, 5) is 31.1. The van der Waals surface area contributed by atoms with Crippen LogP contribution in [0.5, 0.6) is 0 Å². The van der Waals surface area contributed by atoms with Crippen molar-refractivity contribution in [3.63, 3.8) is 0 Å². The van der Waals surface area contributed by atoms with Crippen LogP contribution in [-0.2, 0) is 21.6 Å². The van der Waals surface area contributed by atoms with Gasteiger partial charge in [0.25, 0.3) is 5.91 Å². The van der Waals surface area contributed by atoms with Crippen LogP contribution in [0.2, 0.25) is 0 Å². The van der Waals surface area contributed by atoms with Gasteiger partial charge in [0.05, 0.1) is 12.2 Å². The largest absolute Gasteiger partial charge is 0.444 e. The van der Waals surface area contributed by atoms with E-state index in [2.05, 4.69) is 5.32 Å². The van der Waals surface area contributed by atoms with Gasteiger partial charge in [0, 0.05) is 25.3 Å². The maximum Gasteiger partial charge on any atom is 0.409 e. The lowest BCUT2D eigenvalue weighted by atomic mass is 9.83. The van der Waals surface area contributed by atoms with E-state index in [4.69, 9.17) is 4.74 Å². The van der Waals surface area contributed by atoms with Crippen LogP contribution in [0, 0.1) is 0 Å². The van der Waals surface area contributed by atoms with E-state index in [0.29, 0.717) is 12.1 Å². The van der Waals surface area contributed by atoms with E-state index in [0.717, 1.165) is 22.5 Å². The third-order valence-corrected chi connectivity index (χ3v) is 5.85. The Morgan fingerprint density at radius 3 is 2.18 bits per heavy atom. The summed E-state index contributed by atoms with van der Waals surface area (Å²) in [5.74, 6) is -0.221. The van der Waals surface area contributed by atoms with Crippen molar-refractivity contribution in [2.75, 3.05) is 23.9 Å². The molecule has 2 amide bonds. The molecule has 6 nitrogen and oxygen atoms in total. The van der Waals surface area contributed by atoms with Crippen LogP contribution in [0.4, 0.5) is 16.2 Å². The second-order valence-corrected chi connectivity index (χ2v) is 9.71. The zero-order valence-electron chi connectivity index (χ0n) is 20.3. The topological polar surface area (TPSA) is 61.9 Å². The van der Waals surface area contributed by atoms with Crippen molar-refractivity contribution in [1.82, 2.24) is 5.32 Å². The molecular weight excluding hydrogens is 426 g/mol. The number of hydrogen-bond donors (Lipinski definition) is 1. The molecule has 0 aliphatic carbocycles. The lowest BCUT2D eigenvalue weighted by molar-refractivity contribution is -0.123. The Hall–Kier alpha value is -3.80. The van der Waals surface area contributed by atoms with Gasteiger partial charge in [0.2, 0.25) is 0 Å². The molecule has 1 unspecified atom stereocenters. The quantitative estimate of drug-likeness (QED) is 0.581. The first-order valence-electron chi connectivity index (χ1n) is 11.4. The summed E-state index contributed by atoms with van der Waals surface area (Å²) >= 11 is 0. The first kappa shape index (κ1) is 23.4. The minimum Gasteiger partial charge on any atom is -0.444 e. The van der Waals surface area contributed by atoms with Crippen LogP contribution < -0.4 is 15.1 Å². The van der Waals surface area contributed by atoms with E-state index in [1.807, 2.05) is 97.9 Å². The van der Waals surface area contributed by atoms with Crippen molar-refractivity contribution >= 4 is 23.4 Å². The minimum atomic E-state index is -1.40. The highest BCUT2D eigenvalue weighted by Gasteiger charge is 2.53. The van der Waals surface area contributed by atoms with E-state index in [9.17, 15) is 9.59 Å². The highest BCUT2D eigenvalue weighted by atomic mass is 16.6. The van der Waals surface area contributed by atoms with E-state index in [1.54, 1.807) is 25.7 Å². The molecular formula is C28H31N3O3. The van der Waals surface area contributed by atoms with Gasteiger partial charge < -0.3 is 14.5 Å². The second-order valence-electron chi connectivity index (χ2n) is 9.71. The summed E-state index contributed by atoms with van der Waals surface area (Å²) in [6.45, 7) is 5.80. The van der Waals surface area contributed by atoms with Gasteiger partial charge in [0.15, 0.2) is 5.54 Å². The molecule has 0 aromatic heterocycles. The van der Waals surface area contributed by atoms with Gasteiger partial charge in [-0.3, -0.25) is 10.1 Å². The lowest BCUT2D eigenvalue weighted by Crippen LogP contribution is -2.54. The molecule has 0 saturated carbocycles. The van der Waals surface area contributed by atoms with Crippen molar-refractivity contribution in [2.45, 2.75) is 38.5 Å². The third kappa shape index (κ3) is 4.36. The lowest BCUT2D eigenvalue weighted by Gasteiger charge is -2.32. The summed E-state index contributed by atoms with van der Waals surface area (Å²) in [6.07, 6.45) is -0.645. The number of alkyl carbamates (subject to hydrolysis) is 1. The molecule has 6 heteroatoms. The fourth-order valence-corrected chi connectivity index (χ4v) is 4.31. The van der Waals surface area contributed by atoms with E-state index < -0.39 is 17.2 Å². The van der Waals surface area contributed by atoms with Crippen molar-refractivity contribution in [3.8, 4) is 0 Å². The van der Waals surface area contributed by atoms with Gasteiger partial charge in [-0.1, -0.05) is 60.7 Å². The molecule has 0 radical (unpaired) electrons. The van der Waals surface area contributed by atoms with Gasteiger partial charge in [-0.2, -0.15) is 0 Å². The van der Waals surface area contributed by atoms with Crippen LogP contribution in [0.3, 0.4) is 0 Å². The summed E-state index contributed by atoms with van der Waals surface area (Å²) in [5, 5.41) is 2.97. The predicted octanol–water partition coefficient (Wildman–Crippen LogP) is 5.07. The zero-order valence-corrected chi connectivity index (χ0v) is 20.3. The van der Waals surface area contributed by atoms with Gasteiger partial charge in [-0.15, -0.1) is 0 Å². The van der Waals surface area contributed by atoms with Gasteiger partial charge in [-0.05, 0) is 50.1 Å². The number of rotatable bonds is 5. The summed E-state index contributed by atoms with van der Waals surface area (Å²) in [7, 11) is 3.92. The number of fused-ring (bicyclic) bond motifs is 1. The molecule has 1 aliphatic rings. The molecule has 0 fully saturated rings. The summed E-state index contributed by atoms with van der Waals surface area (Å²) in [6, 6.07) is 25.1. The molecule has 4 rings (SSSR count). The molecule has 34 heavy (non-hydrogen) atoms. The minimum absolute atomic E-state index is 0.221. The van der Waals surface area contributed by atoms with Crippen LogP contribution in [0.15, 0.2) is 78.9 Å². The van der Waals surface area contributed by atoms with E-state index in [-0.39, 0.29) is 5.91 Å². The molecule has 1 aliphatic heterocycles. The van der Waals surface area contributed by atoms with Gasteiger partial charge >= 0.3 is 6.09 Å². The average Bonchev–Trinajstić information content (AvgIpc) is 3.02. The Labute approximate surface area is 201 Å². The number of ether oxygens (including phenoxy) is 1. The number of amides is 2. The zero-order chi connectivity index (χ0) is 24.5. The van der Waals surface area contributed by atoms with Crippen LogP contribution in [0.1, 0.15) is 37.5 Å². The number of carbonyl (C=O) groups is 2. The van der Waals surface area contributed by atoms with Gasteiger partial charge in [-0.25, -0.2) is 4.79 Å². The SMILES string of the molecule is CN(C)c1ccc(C2(NC(=O)OC(C)(C)C)C(=O)N(Cc3ccccc3)c3ccccc32)cc1. The number of para-hydroxylation sites is 1. The molecule has 176 valence electrons. The first-order valence-corrected chi connectivity index (χ1v) is 11.4. The molecule has 1 N–H and O–H groups in total. The fourth-order valence-electron chi connectivity index (χ4n) is 4.31. The van der Waals surface area contributed by atoms with Crippen LogP contribution >= 0.6 is 0 Å². The Morgan fingerprint density at radius 2 is 1.56 bits per heavy atom. The second kappa shape index (κ2) is 8.86. The van der Waals surface area contributed by atoms with Crippen molar-refractivity contribution < 1.29 is 14.3 Å². The van der Waals surface area contributed by atoms with Gasteiger partial charge in [0.1, 0.15) is 5.60 Å². The van der Waals surface area contributed by atoms with Crippen molar-refractivity contribution in [3.05, 3.63) is 95.6 Å². The Bertz CT molecular complexity index is 1180. The van der Waals surface area contributed by atoms with Crippen molar-refractivity contribution in [1.29, 1.82) is 0 Å². The fraction of sp³-hybridized carbons (Fsp3) is 0.286. The smallest absolute Gasteiger partial charge is 0.409 e. The number of nitrogens with zero attached hydrogens (tertiary/aromatic N) is 2. The molecule has 1 atom stereocenters.